The maximum absolute atomic E-state index is 5.86. The van der Waals surface area contributed by atoms with Crippen LogP contribution in [0, 0.1) is 5.92 Å². The summed E-state index contributed by atoms with van der Waals surface area (Å²) < 4.78 is 5.86. The molecule has 1 aromatic carbocycles. The molecule has 0 unspecified atom stereocenters. The van der Waals surface area contributed by atoms with Gasteiger partial charge in [0.05, 0.1) is 6.26 Å². The Bertz CT molecular complexity index is 395. The van der Waals surface area contributed by atoms with E-state index in [2.05, 4.69) is 43.3 Å². The van der Waals surface area contributed by atoms with Gasteiger partial charge in [0, 0.05) is 11.8 Å². The zero-order chi connectivity index (χ0) is 11.0. The summed E-state index contributed by atoms with van der Waals surface area (Å²) in [6.45, 7) is 2.27. The zero-order valence-corrected chi connectivity index (χ0v) is 9.73. The molecule has 0 bridgehead atoms. The molecule has 84 valence electrons. The third-order valence-corrected chi connectivity index (χ3v) is 4.21. The van der Waals surface area contributed by atoms with Crippen molar-refractivity contribution in [2.24, 2.45) is 5.92 Å². The van der Waals surface area contributed by atoms with Gasteiger partial charge in [-0.05, 0) is 37.8 Å². The van der Waals surface area contributed by atoms with Gasteiger partial charge in [0.2, 0.25) is 0 Å². The first-order valence-electron chi connectivity index (χ1n) is 6.19. The minimum Gasteiger partial charge on any atom is -0.495 e. The summed E-state index contributed by atoms with van der Waals surface area (Å²) in [6, 6.07) is 10.8. The molecule has 1 aromatic rings. The number of ether oxygens (including phenoxy) is 1. The second kappa shape index (κ2) is 3.65. The lowest BCUT2D eigenvalue weighted by molar-refractivity contribution is -0.0140. The first-order valence-corrected chi connectivity index (χ1v) is 6.19. The molecule has 0 amide bonds. The van der Waals surface area contributed by atoms with E-state index in [4.69, 9.17) is 4.74 Å². The van der Waals surface area contributed by atoms with Crippen molar-refractivity contribution >= 4 is 0 Å². The average molecular weight is 214 g/mol. The number of rotatable bonds is 1. The summed E-state index contributed by atoms with van der Waals surface area (Å²) in [6.07, 6.45) is 7.93. The van der Waals surface area contributed by atoms with E-state index in [1.165, 1.54) is 24.8 Å². The van der Waals surface area contributed by atoms with Crippen LogP contribution in [0.2, 0.25) is 0 Å². The number of benzene rings is 1. The fourth-order valence-electron chi connectivity index (χ4n) is 3.30. The van der Waals surface area contributed by atoms with Gasteiger partial charge in [0.15, 0.2) is 0 Å². The molecule has 1 aliphatic carbocycles. The first kappa shape index (κ1) is 9.95. The van der Waals surface area contributed by atoms with E-state index in [0.717, 1.165) is 0 Å². The minimum atomic E-state index is 0.0786. The van der Waals surface area contributed by atoms with E-state index in [-0.39, 0.29) is 5.60 Å². The zero-order valence-electron chi connectivity index (χ0n) is 9.73. The molecule has 1 saturated carbocycles. The highest BCUT2D eigenvalue weighted by atomic mass is 16.5. The van der Waals surface area contributed by atoms with Crippen LogP contribution in [0.4, 0.5) is 0 Å². The number of fused-ring (bicyclic) bond motifs is 1. The van der Waals surface area contributed by atoms with Crippen molar-refractivity contribution < 1.29 is 4.74 Å². The van der Waals surface area contributed by atoms with Gasteiger partial charge in [-0.1, -0.05) is 30.3 Å². The SMILES string of the molecule is C[C@@]12CCC[C@H]1[C@H](c1ccccc1)C=CO2. The Balaban J connectivity index is 1.96. The predicted octanol–water partition coefficient (Wildman–Crippen LogP) is 3.87. The summed E-state index contributed by atoms with van der Waals surface area (Å²) in [5.74, 6) is 1.20. The fourth-order valence-corrected chi connectivity index (χ4v) is 3.30. The normalized spacial score (nSPS) is 36.8. The maximum atomic E-state index is 5.86. The standard InChI is InChI=1S/C15H18O/c1-15-10-5-8-14(15)13(9-11-16-15)12-6-3-2-4-7-12/h2-4,6-7,9,11,13-14H,5,8,10H2,1H3/t13-,14-,15+/m0/s1. The number of hydrogen-bond donors (Lipinski definition) is 0. The molecule has 1 fully saturated rings. The monoisotopic (exact) mass is 214 g/mol. The van der Waals surface area contributed by atoms with Gasteiger partial charge in [-0.25, -0.2) is 0 Å². The molecule has 0 aromatic heterocycles. The van der Waals surface area contributed by atoms with Crippen molar-refractivity contribution in [1.82, 2.24) is 0 Å². The van der Waals surface area contributed by atoms with Crippen LogP contribution in [0.3, 0.4) is 0 Å². The summed E-state index contributed by atoms with van der Waals surface area (Å²) in [7, 11) is 0. The lowest BCUT2D eigenvalue weighted by Crippen LogP contribution is -2.37. The van der Waals surface area contributed by atoms with E-state index in [0.29, 0.717) is 11.8 Å². The second-order valence-corrected chi connectivity index (χ2v) is 5.19. The van der Waals surface area contributed by atoms with E-state index in [9.17, 15) is 0 Å². The molecule has 2 aliphatic rings. The molecule has 0 spiro atoms. The summed E-state index contributed by atoms with van der Waals surface area (Å²) >= 11 is 0. The van der Waals surface area contributed by atoms with Crippen molar-refractivity contribution in [2.75, 3.05) is 0 Å². The second-order valence-electron chi connectivity index (χ2n) is 5.19. The molecule has 16 heavy (non-hydrogen) atoms. The predicted molar refractivity (Wildman–Crippen MR) is 65.2 cm³/mol. The minimum absolute atomic E-state index is 0.0786. The highest BCUT2D eigenvalue weighted by molar-refractivity contribution is 5.27. The van der Waals surface area contributed by atoms with E-state index >= 15 is 0 Å². The number of hydrogen-bond acceptors (Lipinski definition) is 1. The number of allylic oxidation sites excluding steroid dienone is 1. The molecule has 0 N–H and O–H groups in total. The van der Waals surface area contributed by atoms with Gasteiger partial charge in [-0.2, -0.15) is 0 Å². The van der Waals surface area contributed by atoms with E-state index < -0.39 is 0 Å². The van der Waals surface area contributed by atoms with Crippen LogP contribution < -0.4 is 0 Å². The molecule has 1 aliphatic heterocycles. The Kier molecular flexibility index (Phi) is 2.27. The molecule has 3 rings (SSSR count). The Morgan fingerprint density at radius 3 is 2.88 bits per heavy atom. The highest BCUT2D eigenvalue weighted by Gasteiger charge is 2.45. The Hall–Kier alpha value is -1.24. The smallest absolute Gasteiger partial charge is 0.109 e. The highest BCUT2D eigenvalue weighted by Crippen LogP contribution is 2.49. The molecular formula is C15H18O. The van der Waals surface area contributed by atoms with Gasteiger partial charge >= 0.3 is 0 Å². The van der Waals surface area contributed by atoms with Gasteiger partial charge in [0.1, 0.15) is 5.60 Å². The Labute approximate surface area is 97.1 Å². The summed E-state index contributed by atoms with van der Waals surface area (Å²) in [4.78, 5) is 0. The maximum Gasteiger partial charge on any atom is 0.109 e. The molecule has 1 nitrogen and oxygen atoms in total. The van der Waals surface area contributed by atoms with Gasteiger partial charge < -0.3 is 4.74 Å². The van der Waals surface area contributed by atoms with Crippen LogP contribution in [-0.4, -0.2) is 5.60 Å². The molecule has 1 heteroatoms. The van der Waals surface area contributed by atoms with E-state index in [1.54, 1.807) is 0 Å². The quantitative estimate of drug-likeness (QED) is 0.689. The van der Waals surface area contributed by atoms with Crippen LogP contribution in [0.5, 0.6) is 0 Å². The summed E-state index contributed by atoms with van der Waals surface area (Å²) in [5.41, 5.74) is 1.51. The van der Waals surface area contributed by atoms with Crippen molar-refractivity contribution in [3.05, 3.63) is 48.2 Å². The fraction of sp³-hybridized carbons (Fsp3) is 0.467. The lowest BCUT2D eigenvalue weighted by atomic mass is 9.76. The third kappa shape index (κ3) is 1.46. The van der Waals surface area contributed by atoms with Crippen molar-refractivity contribution in [1.29, 1.82) is 0 Å². The molecular weight excluding hydrogens is 196 g/mol. The average Bonchev–Trinajstić information content (AvgIpc) is 2.71. The largest absolute Gasteiger partial charge is 0.495 e. The Morgan fingerprint density at radius 1 is 1.25 bits per heavy atom. The lowest BCUT2D eigenvalue weighted by Gasteiger charge is -2.38. The van der Waals surface area contributed by atoms with Crippen LogP contribution in [0.1, 0.15) is 37.7 Å². The Morgan fingerprint density at radius 2 is 2.06 bits per heavy atom. The van der Waals surface area contributed by atoms with Crippen LogP contribution >= 0.6 is 0 Å². The molecule has 0 radical (unpaired) electrons. The van der Waals surface area contributed by atoms with Crippen LogP contribution in [0.15, 0.2) is 42.7 Å². The van der Waals surface area contributed by atoms with Gasteiger partial charge in [-0.15, -0.1) is 0 Å². The molecule has 0 saturated heterocycles. The van der Waals surface area contributed by atoms with E-state index in [1.807, 2.05) is 6.26 Å². The van der Waals surface area contributed by atoms with Crippen molar-refractivity contribution in [3.8, 4) is 0 Å². The molecule has 1 heterocycles. The topological polar surface area (TPSA) is 9.23 Å². The first-order chi connectivity index (χ1) is 7.80. The third-order valence-electron chi connectivity index (χ3n) is 4.21. The molecule has 3 atom stereocenters. The van der Waals surface area contributed by atoms with Crippen LogP contribution in [0.25, 0.3) is 0 Å². The van der Waals surface area contributed by atoms with Crippen molar-refractivity contribution in [3.63, 3.8) is 0 Å². The van der Waals surface area contributed by atoms with Gasteiger partial charge in [0.25, 0.3) is 0 Å². The van der Waals surface area contributed by atoms with Crippen LogP contribution in [-0.2, 0) is 4.74 Å². The van der Waals surface area contributed by atoms with Crippen molar-refractivity contribution in [2.45, 2.75) is 37.7 Å². The summed E-state index contributed by atoms with van der Waals surface area (Å²) in [5, 5.41) is 0. The van der Waals surface area contributed by atoms with Gasteiger partial charge in [-0.3, -0.25) is 0 Å².